The van der Waals surface area contributed by atoms with Crippen LogP contribution in [-0.4, -0.2) is 40.8 Å². The summed E-state index contributed by atoms with van der Waals surface area (Å²) >= 11 is 0. The summed E-state index contributed by atoms with van der Waals surface area (Å²) in [4.78, 5) is 14.9. The van der Waals surface area contributed by atoms with Crippen molar-refractivity contribution in [2.75, 3.05) is 20.2 Å². The molecule has 0 bridgehead atoms. The number of hydrogen-bond donors (Lipinski definition) is 0. The second-order valence-corrected chi connectivity index (χ2v) is 6.22. The van der Waals surface area contributed by atoms with Crippen LogP contribution in [0.25, 0.3) is 5.69 Å². The van der Waals surface area contributed by atoms with E-state index >= 15 is 0 Å². The highest BCUT2D eigenvalue weighted by molar-refractivity contribution is 5.95. The van der Waals surface area contributed by atoms with Crippen LogP contribution in [0.15, 0.2) is 30.5 Å². The first-order valence-corrected chi connectivity index (χ1v) is 8.75. The quantitative estimate of drug-likeness (QED) is 0.845. The molecule has 0 N–H and O–H groups in total. The Morgan fingerprint density at radius 1 is 1.17 bits per heavy atom. The molecule has 0 spiro atoms. The first-order valence-electron chi connectivity index (χ1n) is 8.75. The van der Waals surface area contributed by atoms with E-state index in [1.54, 1.807) is 13.3 Å². The van der Waals surface area contributed by atoms with Crippen molar-refractivity contribution in [3.63, 3.8) is 0 Å². The number of hydrogen-bond acceptors (Lipinski definition) is 3. The lowest BCUT2D eigenvalue weighted by Crippen LogP contribution is -2.36. The molecule has 5 nitrogen and oxygen atoms in total. The molecule has 5 heteroatoms. The zero-order chi connectivity index (χ0) is 16.9. The standard InChI is InChI=1S/C19H25N3O2/c1-3-7-18-17(19(23)21-12-5-4-6-13-21)14-20-22(18)15-8-10-16(24-2)11-9-15/h8-11,14H,3-7,12-13H2,1-2H3. The second-order valence-electron chi connectivity index (χ2n) is 6.22. The van der Waals surface area contributed by atoms with Crippen molar-refractivity contribution in [3.05, 3.63) is 41.7 Å². The fourth-order valence-electron chi connectivity index (χ4n) is 3.24. The Hall–Kier alpha value is -2.30. The van der Waals surface area contributed by atoms with E-state index in [-0.39, 0.29) is 5.91 Å². The number of rotatable bonds is 5. The highest BCUT2D eigenvalue weighted by Gasteiger charge is 2.24. The van der Waals surface area contributed by atoms with Gasteiger partial charge >= 0.3 is 0 Å². The number of benzene rings is 1. The number of methoxy groups -OCH3 is 1. The summed E-state index contributed by atoms with van der Waals surface area (Å²) in [5, 5.41) is 4.50. The van der Waals surface area contributed by atoms with Gasteiger partial charge in [-0.15, -0.1) is 0 Å². The number of likely N-dealkylation sites (tertiary alicyclic amines) is 1. The molecule has 128 valence electrons. The molecule has 1 saturated heterocycles. The minimum absolute atomic E-state index is 0.123. The molecule has 2 aromatic rings. The van der Waals surface area contributed by atoms with Gasteiger partial charge in [-0.1, -0.05) is 13.3 Å². The smallest absolute Gasteiger partial charge is 0.257 e. The van der Waals surface area contributed by atoms with Gasteiger partial charge in [0.15, 0.2) is 0 Å². The molecule has 0 radical (unpaired) electrons. The molecule has 1 amide bonds. The number of amides is 1. The van der Waals surface area contributed by atoms with Crippen LogP contribution in [0.1, 0.15) is 48.7 Å². The molecular formula is C19H25N3O2. The highest BCUT2D eigenvalue weighted by Crippen LogP contribution is 2.22. The number of carbonyl (C=O) groups is 1. The maximum Gasteiger partial charge on any atom is 0.257 e. The summed E-state index contributed by atoms with van der Waals surface area (Å²) in [6, 6.07) is 7.78. The van der Waals surface area contributed by atoms with Crippen LogP contribution in [0, 0.1) is 0 Å². The van der Waals surface area contributed by atoms with Crippen molar-refractivity contribution >= 4 is 5.91 Å². The molecule has 0 aliphatic carbocycles. The fraction of sp³-hybridized carbons (Fsp3) is 0.474. The van der Waals surface area contributed by atoms with Gasteiger partial charge in [-0.25, -0.2) is 4.68 Å². The average Bonchev–Trinajstić information content (AvgIpc) is 3.06. The van der Waals surface area contributed by atoms with E-state index in [4.69, 9.17) is 4.74 Å². The van der Waals surface area contributed by atoms with E-state index in [1.807, 2.05) is 33.8 Å². The maximum atomic E-state index is 12.9. The lowest BCUT2D eigenvalue weighted by Gasteiger charge is -2.26. The third-order valence-electron chi connectivity index (χ3n) is 4.55. The van der Waals surface area contributed by atoms with Crippen LogP contribution in [0.5, 0.6) is 5.75 Å². The number of piperidine rings is 1. The molecule has 3 rings (SSSR count). The molecule has 1 aliphatic rings. The molecule has 0 saturated carbocycles. The van der Waals surface area contributed by atoms with Crippen molar-refractivity contribution in [3.8, 4) is 11.4 Å². The number of ether oxygens (including phenoxy) is 1. The first kappa shape index (κ1) is 16.6. The molecule has 24 heavy (non-hydrogen) atoms. The summed E-state index contributed by atoms with van der Waals surface area (Å²) in [7, 11) is 1.65. The van der Waals surface area contributed by atoms with Crippen LogP contribution in [0.3, 0.4) is 0 Å². The zero-order valence-electron chi connectivity index (χ0n) is 14.5. The van der Waals surface area contributed by atoms with Gasteiger partial charge in [-0.2, -0.15) is 5.10 Å². The van der Waals surface area contributed by atoms with Crippen molar-refractivity contribution in [1.82, 2.24) is 14.7 Å². The second kappa shape index (κ2) is 7.51. The molecule has 1 fully saturated rings. The molecular weight excluding hydrogens is 302 g/mol. The van der Waals surface area contributed by atoms with Gasteiger partial charge in [0.25, 0.3) is 5.91 Å². The van der Waals surface area contributed by atoms with Crippen LogP contribution < -0.4 is 4.74 Å². The minimum Gasteiger partial charge on any atom is -0.497 e. The van der Waals surface area contributed by atoms with Crippen molar-refractivity contribution in [2.45, 2.75) is 39.0 Å². The lowest BCUT2D eigenvalue weighted by atomic mass is 10.1. The van der Waals surface area contributed by atoms with Gasteiger partial charge in [0.1, 0.15) is 5.75 Å². The Labute approximate surface area is 143 Å². The van der Waals surface area contributed by atoms with Crippen molar-refractivity contribution in [1.29, 1.82) is 0 Å². The molecule has 0 unspecified atom stereocenters. The SMILES string of the molecule is CCCc1c(C(=O)N2CCCCC2)cnn1-c1ccc(OC)cc1. The van der Waals surface area contributed by atoms with Gasteiger partial charge in [0.2, 0.25) is 0 Å². The number of aromatic nitrogens is 2. The summed E-state index contributed by atoms with van der Waals surface area (Å²) in [5.74, 6) is 0.936. The summed E-state index contributed by atoms with van der Waals surface area (Å²) < 4.78 is 7.10. The fourth-order valence-corrected chi connectivity index (χ4v) is 3.24. The van der Waals surface area contributed by atoms with Gasteiger partial charge in [-0.05, 0) is 49.9 Å². The summed E-state index contributed by atoms with van der Waals surface area (Å²) in [5.41, 5.74) is 2.70. The van der Waals surface area contributed by atoms with Gasteiger partial charge in [0, 0.05) is 13.1 Å². The Kier molecular flexibility index (Phi) is 5.18. The van der Waals surface area contributed by atoms with E-state index in [0.29, 0.717) is 0 Å². The van der Waals surface area contributed by atoms with E-state index in [1.165, 1.54) is 6.42 Å². The molecule has 0 atom stereocenters. The Balaban J connectivity index is 1.92. The van der Waals surface area contributed by atoms with E-state index < -0.39 is 0 Å². The minimum atomic E-state index is 0.123. The summed E-state index contributed by atoms with van der Waals surface area (Å²) in [6.45, 7) is 3.84. The topological polar surface area (TPSA) is 47.4 Å². The van der Waals surface area contributed by atoms with E-state index in [0.717, 1.165) is 61.5 Å². The predicted molar refractivity (Wildman–Crippen MR) is 93.9 cm³/mol. The number of carbonyl (C=O) groups excluding carboxylic acids is 1. The largest absolute Gasteiger partial charge is 0.497 e. The normalized spacial score (nSPS) is 14.7. The highest BCUT2D eigenvalue weighted by atomic mass is 16.5. The number of nitrogens with zero attached hydrogens (tertiary/aromatic N) is 3. The first-order chi connectivity index (χ1) is 11.7. The monoisotopic (exact) mass is 327 g/mol. The van der Waals surface area contributed by atoms with Crippen LogP contribution >= 0.6 is 0 Å². The van der Waals surface area contributed by atoms with Gasteiger partial charge in [-0.3, -0.25) is 4.79 Å². The van der Waals surface area contributed by atoms with Gasteiger partial charge < -0.3 is 9.64 Å². The lowest BCUT2D eigenvalue weighted by molar-refractivity contribution is 0.0723. The predicted octanol–water partition coefficient (Wildman–Crippen LogP) is 3.46. The molecule has 1 aliphatic heterocycles. The van der Waals surface area contributed by atoms with Crippen LogP contribution in [0.4, 0.5) is 0 Å². The molecule has 1 aromatic carbocycles. The molecule has 1 aromatic heterocycles. The maximum absolute atomic E-state index is 12.9. The van der Waals surface area contributed by atoms with Crippen molar-refractivity contribution < 1.29 is 9.53 Å². The Morgan fingerprint density at radius 3 is 2.50 bits per heavy atom. The Bertz CT molecular complexity index is 685. The average molecular weight is 327 g/mol. The third kappa shape index (κ3) is 3.30. The summed E-state index contributed by atoms with van der Waals surface area (Å²) in [6.07, 6.45) is 6.95. The van der Waals surface area contributed by atoms with Crippen LogP contribution in [-0.2, 0) is 6.42 Å². The van der Waals surface area contributed by atoms with Crippen molar-refractivity contribution in [2.24, 2.45) is 0 Å². The van der Waals surface area contributed by atoms with Gasteiger partial charge in [0.05, 0.1) is 30.3 Å². The third-order valence-corrected chi connectivity index (χ3v) is 4.55. The zero-order valence-corrected chi connectivity index (χ0v) is 14.5. The Morgan fingerprint density at radius 2 is 1.88 bits per heavy atom. The van der Waals surface area contributed by atoms with E-state index in [2.05, 4.69) is 12.0 Å². The molecule has 2 heterocycles. The van der Waals surface area contributed by atoms with Crippen LogP contribution in [0.2, 0.25) is 0 Å². The van der Waals surface area contributed by atoms with E-state index in [9.17, 15) is 4.79 Å².